The van der Waals surface area contributed by atoms with Crippen LogP contribution in [-0.2, 0) is 11.3 Å². The maximum Gasteiger partial charge on any atom is 0.291 e. The van der Waals surface area contributed by atoms with Gasteiger partial charge in [0.25, 0.3) is 11.8 Å². The minimum atomic E-state index is -0.511. The lowest BCUT2D eigenvalue weighted by molar-refractivity contribution is -0.118. The molecule has 2 aromatic heterocycles. The molecule has 2 heterocycles. The van der Waals surface area contributed by atoms with Gasteiger partial charge in [0.05, 0.1) is 17.5 Å². The number of anilines is 1. The van der Waals surface area contributed by atoms with Gasteiger partial charge in [0.1, 0.15) is 6.54 Å². The molecule has 0 aliphatic rings. The fraction of sp³-hybridized carbons (Fsp3) is 0.0435. The molecule has 33 heavy (non-hydrogen) atoms. The van der Waals surface area contributed by atoms with Crippen molar-refractivity contribution < 1.29 is 18.8 Å². The Balaban J connectivity index is 1.51. The maximum absolute atomic E-state index is 12.7. The number of halogens is 1. The lowest BCUT2D eigenvalue weighted by Gasteiger charge is -2.08. The zero-order valence-corrected chi connectivity index (χ0v) is 18.7. The van der Waals surface area contributed by atoms with Crippen LogP contribution in [0, 0.1) is 0 Å². The SMILES string of the molecule is NC(=O)Cn1cc(/C=N/NC(=O)c2ccccc2NC(=O)c2ccc(Br)o2)c2ccccc21. The van der Waals surface area contributed by atoms with Crippen molar-refractivity contribution in [3.05, 3.63) is 88.4 Å². The van der Waals surface area contributed by atoms with Gasteiger partial charge in [0.2, 0.25) is 5.91 Å². The Kier molecular flexibility index (Phi) is 6.36. The molecular formula is C23H18BrN5O4. The first-order chi connectivity index (χ1) is 15.9. The van der Waals surface area contributed by atoms with Gasteiger partial charge in [-0.15, -0.1) is 0 Å². The van der Waals surface area contributed by atoms with E-state index < -0.39 is 17.7 Å². The highest BCUT2D eigenvalue weighted by molar-refractivity contribution is 9.10. The van der Waals surface area contributed by atoms with Gasteiger partial charge < -0.3 is 20.0 Å². The second-order valence-corrected chi connectivity index (χ2v) is 7.78. The highest BCUT2D eigenvalue weighted by Gasteiger charge is 2.16. The van der Waals surface area contributed by atoms with E-state index in [0.717, 1.165) is 10.9 Å². The Bertz CT molecular complexity index is 1390. The molecule has 0 aliphatic carbocycles. The lowest BCUT2D eigenvalue weighted by atomic mass is 10.1. The number of para-hydroxylation sites is 2. The molecule has 0 unspecified atom stereocenters. The van der Waals surface area contributed by atoms with Crippen LogP contribution in [-0.4, -0.2) is 28.5 Å². The molecule has 2 aromatic carbocycles. The summed E-state index contributed by atoms with van der Waals surface area (Å²) in [5.41, 5.74) is 9.85. The number of fused-ring (bicyclic) bond motifs is 1. The number of aromatic nitrogens is 1. The number of hydrogen-bond donors (Lipinski definition) is 3. The van der Waals surface area contributed by atoms with Gasteiger partial charge in [-0.25, -0.2) is 5.43 Å². The largest absolute Gasteiger partial charge is 0.444 e. The summed E-state index contributed by atoms with van der Waals surface area (Å²) in [7, 11) is 0. The van der Waals surface area contributed by atoms with Crippen LogP contribution in [0.4, 0.5) is 5.69 Å². The van der Waals surface area contributed by atoms with Crippen LogP contribution in [0.25, 0.3) is 10.9 Å². The van der Waals surface area contributed by atoms with Crippen LogP contribution in [0.15, 0.2) is 81.0 Å². The van der Waals surface area contributed by atoms with E-state index in [9.17, 15) is 14.4 Å². The monoisotopic (exact) mass is 507 g/mol. The summed E-state index contributed by atoms with van der Waals surface area (Å²) >= 11 is 3.15. The fourth-order valence-electron chi connectivity index (χ4n) is 3.31. The topological polar surface area (TPSA) is 132 Å². The van der Waals surface area contributed by atoms with Gasteiger partial charge in [0, 0.05) is 22.7 Å². The first-order valence-corrected chi connectivity index (χ1v) is 10.6. The van der Waals surface area contributed by atoms with E-state index in [0.29, 0.717) is 15.9 Å². The molecule has 9 nitrogen and oxygen atoms in total. The molecule has 166 valence electrons. The predicted octanol–water partition coefficient (Wildman–Crippen LogP) is 3.50. The minimum Gasteiger partial charge on any atom is -0.444 e. The van der Waals surface area contributed by atoms with Crippen molar-refractivity contribution in [3.8, 4) is 0 Å². The highest BCUT2D eigenvalue weighted by atomic mass is 79.9. The molecule has 10 heteroatoms. The fourth-order valence-corrected chi connectivity index (χ4v) is 3.61. The average molecular weight is 508 g/mol. The summed E-state index contributed by atoms with van der Waals surface area (Å²) in [5, 5.41) is 7.57. The van der Waals surface area contributed by atoms with Crippen LogP contribution in [0.3, 0.4) is 0 Å². The lowest BCUT2D eigenvalue weighted by Crippen LogP contribution is -2.21. The average Bonchev–Trinajstić information content (AvgIpc) is 3.38. The molecule has 0 fully saturated rings. The van der Waals surface area contributed by atoms with E-state index in [4.69, 9.17) is 10.2 Å². The van der Waals surface area contributed by atoms with Gasteiger partial charge in [0.15, 0.2) is 10.4 Å². The zero-order valence-electron chi connectivity index (χ0n) is 17.1. The molecule has 4 aromatic rings. The third-order valence-electron chi connectivity index (χ3n) is 4.73. The predicted molar refractivity (Wildman–Crippen MR) is 127 cm³/mol. The number of hydrogen-bond acceptors (Lipinski definition) is 5. The van der Waals surface area contributed by atoms with Crippen molar-refractivity contribution in [1.82, 2.24) is 9.99 Å². The Morgan fingerprint density at radius 2 is 1.79 bits per heavy atom. The van der Waals surface area contributed by atoms with E-state index in [1.165, 1.54) is 12.3 Å². The zero-order chi connectivity index (χ0) is 23.4. The van der Waals surface area contributed by atoms with E-state index in [2.05, 4.69) is 31.8 Å². The first kappa shape index (κ1) is 22.0. The highest BCUT2D eigenvalue weighted by Crippen LogP contribution is 2.21. The molecule has 4 rings (SSSR count). The molecule has 0 bridgehead atoms. The number of furan rings is 1. The smallest absolute Gasteiger partial charge is 0.291 e. The Hall–Kier alpha value is -4.18. The van der Waals surface area contributed by atoms with E-state index in [-0.39, 0.29) is 17.9 Å². The van der Waals surface area contributed by atoms with Gasteiger partial charge in [-0.3, -0.25) is 14.4 Å². The number of primary amides is 1. The van der Waals surface area contributed by atoms with Crippen LogP contribution in [0.5, 0.6) is 0 Å². The number of nitrogens with zero attached hydrogens (tertiary/aromatic N) is 2. The third-order valence-corrected chi connectivity index (χ3v) is 5.16. The van der Waals surface area contributed by atoms with Crippen molar-refractivity contribution in [2.75, 3.05) is 5.32 Å². The quantitative estimate of drug-likeness (QED) is 0.261. The molecule has 0 aliphatic heterocycles. The summed E-state index contributed by atoms with van der Waals surface area (Å²) in [5.74, 6) is -1.37. The summed E-state index contributed by atoms with van der Waals surface area (Å²) in [6, 6.07) is 17.1. The Morgan fingerprint density at radius 1 is 1.03 bits per heavy atom. The van der Waals surface area contributed by atoms with Gasteiger partial charge >= 0.3 is 0 Å². The standard InChI is InChI=1S/C23H18BrN5O4/c24-20-10-9-19(33-20)23(32)27-17-7-3-1-6-16(17)22(31)28-26-11-14-12-29(13-21(25)30)18-8-4-2-5-15(14)18/h1-12H,13H2,(H2,25,30)(H,27,32)(H,28,31)/b26-11+. The number of carbonyl (C=O) groups excluding carboxylic acids is 3. The minimum absolute atomic E-state index is 0.0278. The molecule has 0 saturated carbocycles. The first-order valence-electron chi connectivity index (χ1n) is 9.77. The molecule has 4 N–H and O–H groups in total. The number of carbonyl (C=O) groups is 3. The second-order valence-electron chi connectivity index (χ2n) is 7.00. The summed E-state index contributed by atoms with van der Waals surface area (Å²) in [6.07, 6.45) is 3.22. The van der Waals surface area contributed by atoms with Crippen LogP contribution < -0.4 is 16.5 Å². The van der Waals surface area contributed by atoms with Gasteiger partial charge in [-0.2, -0.15) is 5.10 Å². The molecule has 0 atom stereocenters. The number of amides is 3. The van der Waals surface area contributed by atoms with Crippen LogP contribution >= 0.6 is 15.9 Å². The van der Waals surface area contributed by atoms with E-state index in [1.807, 2.05) is 24.3 Å². The Morgan fingerprint density at radius 3 is 2.55 bits per heavy atom. The summed E-state index contributed by atoms with van der Waals surface area (Å²) in [6.45, 7) is 0.0278. The molecular weight excluding hydrogens is 490 g/mol. The summed E-state index contributed by atoms with van der Waals surface area (Å²) < 4.78 is 7.38. The van der Waals surface area contributed by atoms with Gasteiger partial charge in [-0.1, -0.05) is 30.3 Å². The number of benzene rings is 2. The number of rotatable bonds is 7. The van der Waals surface area contributed by atoms with Crippen molar-refractivity contribution in [2.24, 2.45) is 10.8 Å². The maximum atomic E-state index is 12.7. The van der Waals surface area contributed by atoms with Crippen LogP contribution in [0.2, 0.25) is 0 Å². The molecule has 0 spiro atoms. The molecule has 0 radical (unpaired) electrons. The normalized spacial score (nSPS) is 11.1. The van der Waals surface area contributed by atoms with Crippen molar-refractivity contribution in [1.29, 1.82) is 0 Å². The number of nitrogens with two attached hydrogens (primary N) is 1. The third kappa shape index (κ3) is 5.01. The summed E-state index contributed by atoms with van der Waals surface area (Å²) in [4.78, 5) is 36.5. The molecule has 3 amide bonds. The van der Waals surface area contributed by atoms with Gasteiger partial charge in [-0.05, 0) is 46.3 Å². The number of nitrogens with one attached hydrogen (secondary N) is 2. The van der Waals surface area contributed by atoms with Crippen molar-refractivity contribution >= 4 is 56.5 Å². The number of hydrazone groups is 1. The Labute approximate surface area is 196 Å². The molecule has 0 saturated heterocycles. The van der Waals surface area contributed by atoms with Crippen molar-refractivity contribution in [3.63, 3.8) is 0 Å². The van der Waals surface area contributed by atoms with E-state index >= 15 is 0 Å². The second kappa shape index (κ2) is 9.53. The van der Waals surface area contributed by atoms with Crippen molar-refractivity contribution in [2.45, 2.75) is 6.54 Å². The van der Waals surface area contributed by atoms with Crippen LogP contribution in [0.1, 0.15) is 26.5 Å². The van der Waals surface area contributed by atoms with E-state index in [1.54, 1.807) is 41.1 Å².